The third kappa shape index (κ3) is 4.82. The van der Waals surface area contributed by atoms with Gasteiger partial charge in [-0.1, -0.05) is 64.5 Å². The van der Waals surface area contributed by atoms with Crippen molar-refractivity contribution in [3.63, 3.8) is 0 Å². The lowest BCUT2D eigenvalue weighted by Crippen LogP contribution is -2.43. The predicted molar refractivity (Wildman–Crippen MR) is 99.8 cm³/mol. The molecule has 0 bridgehead atoms. The fourth-order valence-corrected chi connectivity index (χ4v) is 3.30. The number of hydrogen-bond acceptors (Lipinski definition) is 2. The van der Waals surface area contributed by atoms with Gasteiger partial charge in [-0.25, -0.2) is 4.79 Å². The van der Waals surface area contributed by atoms with Gasteiger partial charge in [0.15, 0.2) is 0 Å². The van der Waals surface area contributed by atoms with Crippen LogP contribution >= 0.6 is 15.9 Å². The SMILES string of the molecule is O=C(NCc1ccccc1Br)NC1CC(=O)N(Cc2ccccc2)C1. The number of rotatable bonds is 5. The highest BCUT2D eigenvalue weighted by Crippen LogP contribution is 2.16. The van der Waals surface area contributed by atoms with Gasteiger partial charge in [0.1, 0.15) is 0 Å². The zero-order valence-corrected chi connectivity index (χ0v) is 15.3. The van der Waals surface area contributed by atoms with Crippen molar-refractivity contribution in [1.29, 1.82) is 0 Å². The van der Waals surface area contributed by atoms with Crippen LogP contribution in [0.2, 0.25) is 0 Å². The first-order valence-electron chi connectivity index (χ1n) is 8.21. The van der Waals surface area contributed by atoms with Crippen LogP contribution in [0.15, 0.2) is 59.1 Å². The first-order chi connectivity index (χ1) is 12.1. The van der Waals surface area contributed by atoms with Crippen molar-refractivity contribution in [3.8, 4) is 0 Å². The number of likely N-dealkylation sites (tertiary alicyclic amines) is 1. The normalized spacial score (nSPS) is 16.8. The Kier molecular flexibility index (Phi) is 5.71. The lowest BCUT2D eigenvalue weighted by Gasteiger charge is -2.17. The number of nitrogens with one attached hydrogen (secondary N) is 2. The van der Waals surface area contributed by atoms with Gasteiger partial charge in [0.2, 0.25) is 5.91 Å². The van der Waals surface area contributed by atoms with Gasteiger partial charge in [-0.05, 0) is 17.2 Å². The number of halogens is 1. The Labute approximate surface area is 155 Å². The molecule has 0 saturated carbocycles. The summed E-state index contributed by atoms with van der Waals surface area (Å²) in [5.41, 5.74) is 2.10. The third-order valence-electron chi connectivity index (χ3n) is 4.16. The highest BCUT2D eigenvalue weighted by Gasteiger charge is 2.30. The Balaban J connectivity index is 1.48. The van der Waals surface area contributed by atoms with Gasteiger partial charge in [-0.15, -0.1) is 0 Å². The summed E-state index contributed by atoms with van der Waals surface area (Å²) in [5.74, 6) is 0.0694. The van der Waals surface area contributed by atoms with Crippen molar-refractivity contribution in [3.05, 3.63) is 70.2 Å². The van der Waals surface area contributed by atoms with Crippen LogP contribution in [0.5, 0.6) is 0 Å². The van der Waals surface area contributed by atoms with Crippen LogP contribution in [0.3, 0.4) is 0 Å². The van der Waals surface area contributed by atoms with Gasteiger partial charge in [-0.3, -0.25) is 4.79 Å². The van der Waals surface area contributed by atoms with Gasteiger partial charge >= 0.3 is 6.03 Å². The Morgan fingerprint density at radius 1 is 1.12 bits per heavy atom. The largest absolute Gasteiger partial charge is 0.336 e. The fourth-order valence-electron chi connectivity index (χ4n) is 2.88. The molecule has 1 heterocycles. The average Bonchev–Trinajstić information content (AvgIpc) is 2.94. The van der Waals surface area contributed by atoms with E-state index in [4.69, 9.17) is 0 Å². The zero-order chi connectivity index (χ0) is 17.6. The van der Waals surface area contributed by atoms with E-state index in [2.05, 4.69) is 26.6 Å². The van der Waals surface area contributed by atoms with Gasteiger partial charge in [0.05, 0.1) is 6.04 Å². The summed E-state index contributed by atoms with van der Waals surface area (Å²) in [7, 11) is 0. The Morgan fingerprint density at radius 3 is 2.60 bits per heavy atom. The van der Waals surface area contributed by atoms with Gasteiger partial charge in [-0.2, -0.15) is 0 Å². The molecule has 1 atom stereocenters. The highest BCUT2D eigenvalue weighted by molar-refractivity contribution is 9.10. The molecule has 1 aliphatic rings. The number of benzene rings is 2. The summed E-state index contributed by atoms with van der Waals surface area (Å²) in [6, 6.07) is 17.2. The second kappa shape index (κ2) is 8.16. The summed E-state index contributed by atoms with van der Waals surface area (Å²) in [6.07, 6.45) is 0.343. The van der Waals surface area contributed by atoms with Gasteiger partial charge in [0, 0.05) is 30.5 Å². The van der Waals surface area contributed by atoms with Crippen LogP contribution < -0.4 is 10.6 Å². The topological polar surface area (TPSA) is 61.4 Å². The first-order valence-corrected chi connectivity index (χ1v) is 9.00. The molecule has 1 saturated heterocycles. The predicted octanol–water partition coefficient (Wildman–Crippen LogP) is 3.05. The number of carbonyl (C=O) groups is 2. The maximum atomic E-state index is 12.1. The molecule has 0 radical (unpaired) electrons. The van der Waals surface area contributed by atoms with Crippen LogP contribution in [0.4, 0.5) is 4.79 Å². The minimum Gasteiger partial charge on any atom is -0.336 e. The number of carbonyl (C=O) groups excluding carboxylic acids is 2. The summed E-state index contributed by atoms with van der Waals surface area (Å²) < 4.78 is 0.959. The first kappa shape index (κ1) is 17.5. The van der Waals surface area contributed by atoms with Crippen molar-refractivity contribution < 1.29 is 9.59 Å². The van der Waals surface area contributed by atoms with Gasteiger partial charge in [0.25, 0.3) is 0 Å². The van der Waals surface area contributed by atoms with E-state index in [0.717, 1.165) is 15.6 Å². The third-order valence-corrected chi connectivity index (χ3v) is 4.94. The number of urea groups is 1. The zero-order valence-electron chi connectivity index (χ0n) is 13.7. The Bertz CT molecular complexity index is 751. The van der Waals surface area contributed by atoms with E-state index in [-0.39, 0.29) is 18.0 Å². The molecule has 0 spiro atoms. The van der Waals surface area contributed by atoms with Crippen molar-refractivity contribution in [2.75, 3.05) is 6.54 Å². The molecule has 3 amide bonds. The van der Waals surface area contributed by atoms with E-state index >= 15 is 0 Å². The second-order valence-corrected chi connectivity index (χ2v) is 6.93. The van der Waals surface area contributed by atoms with Crippen molar-refractivity contribution in [2.24, 2.45) is 0 Å². The summed E-state index contributed by atoms with van der Waals surface area (Å²) in [5, 5.41) is 5.72. The van der Waals surface area contributed by atoms with Crippen LogP contribution in [-0.4, -0.2) is 29.4 Å². The molecule has 130 valence electrons. The van der Waals surface area contributed by atoms with Crippen LogP contribution in [-0.2, 0) is 17.9 Å². The summed E-state index contributed by atoms with van der Waals surface area (Å²) in [6.45, 7) is 1.55. The molecule has 2 aromatic rings. The smallest absolute Gasteiger partial charge is 0.315 e. The molecule has 3 rings (SSSR count). The molecule has 1 aliphatic heterocycles. The Morgan fingerprint density at radius 2 is 1.84 bits per heavy atom. The van der Waals surface area contributed by atoms with Crippen LogP contribution in [0.25, 0.3) is 0 Å². The molecular formula is C19H20BrN3O2. The number of nitrogens with zero attached hydrogens (tertiary/aromatic N) is 1. The highest BCUT2D eigenvalue weighted by atomic mass is 79.9. The number of hydrogen-bond donors (Lipinski definition) is 2. The van der Waals surface area contributed by atoms with E-state index in [0.29, 0.717) is 26.1 Å². The van der Waals surface area contributed by atoms with E-state index < -0.39 is 0 Å². The molecular weight excluding hydrogens is 382 g/mol. The van der Waals surface area contributed by atoms with Crippen LogP contribution in [0, 0.1) is 0 Å². The minimum atomic E-state index is -0.255. The monoisotopic (exact) mass is 401 g/mol. The molecule has 1 fully saturated rings. The quantitative estimate of drug-likeness (QED) is 0.808. The molecule has 5 nitrogen and oxygen atoms in total. The van der Waals surface area contributed by atoms with E-state index in [1.807, 2.05) is 54.6 Å². The van der Waals surface area contributed by atoms with E-state index in [1.165, 1.54) is 0 Å². The molecule has 25 heavy (non-hydrogen) atoms. The van der Waals surface area contributed by atoms with Crippen molar-refractivity contribution in [2.45, 2.75) is 25.6 Å². The van der Waals surface area contributed by atoms with Crippen molar-refractivity contribution >= 4 is 27.9 Å². The number of amides is 3. The average molecular weight is 402 g/mol. The standard InChI is InChI=1S/C19H20BrN3O2/c20-17-9-5-4-8-15(17)11-21-19(25)22-16-10-18(24)23(13-16)12-14-6-2-1-3-7-14/h1-9,16H,10-13H2,(H2,21,22,25). The molecule has 1 unspecified atom stereocenters. The lowest BCUT2D eigenvalue weighted by atomic mass is 10.2. The lowest BCUT2D eigenvalue weighted by molar-refractivity contribution is -0.128. The molecule has 6 heteroatoms. The maximum Gasteiger partial charge on any atom is 0.315 e. The summed E-state index contributed by atoms with van der Waals surface area (Å²) in [4.78, 5) is 26.0. The molecule has 2 N–H and O–H groups in total. The maximum absolute atomic E-state index is 12.1. The van der Waals surface area contributed by atoms with Gasteiger partial charge < -0.3 is 15.5 Å². The van der Waals surface area contributed by atoms with Crippen molar-refractivity contribution in [1.82, 2.24) is 15.5 Å². The molecule has 0 aliphatic carbocycles. The van der Waals surface area contributed by atoms with E-state index in [9.17, 15) is 9.59 Å². The Hall–Kier alpha value is -2.34. The van der Waals surface area contributed by atoms with Crippen LogP contribution in [0.1, 0.15) is 17.5 Å². The molecule has 2 aromatic carbocycles. The molecule has 0 aromatic heterocycles. The fraction of sp³-hybridized carbons (Fsp3) is 0.263. The second-order valence-electron chi connectivity index (χ2n) is 6.08. The van der Waals surface area contributed by atoms with E-state index in [1.54, 1.807) is 4.90 Å². The minimum absolute atomic E-state index is 0.0694. The summed E-state index contributed by atoms with van der Waals surface area (Å²) >= 11 is 3.46.